The molecule has 2 aliphatic carbocycles. The summed E-state index contributed by atoms with van der Waals surface area (Å²) in [4.78, 5) is 11.7. The van der Waals surface area contributed by atoms with Crippen molar-refractivity contribution in [3.63, 3.8) is 0 Å². The Labute approximate surface area is 156 Å². The van der Waals surface area contributed by atoms with E-state index in [0.29, 0.717) is 23.2 Å². The summed E-state index contributed by atoms with van der Waals surface area (Å²) >= 11 is 0. The molecule has 2 radical (unpaired) electrons. The maximum atomic E-state index is 11.7. The van der Waals surface area contributed by atoms with Crippen molar-refractivity contribution in [2.45, 2.75) is 71.8 Å². The molecule has 3 fully saturated rings. The van der Waals surface area contributed by atoms with Gasteiger partial charge in [-0.05, 0) is 62.2 Å². The number of ether oxygens (including phenoxy) is 1. The minimum absolute atomic E-state index is 0. The maximum Gasteiger partial charge on any atom is 1.00 e. The second-order valence-corrected chi connectivity index (χ2v) is 8.04. The van der Waals surface area contributed by atoms with Crippen LogP contribution in [0.5, 0.6) is 0 Å². The maximum absolute atomic E-state index is 11.7. The Morgan fingerprint density at radius 3 is 2.43 bits per heavy atom. The van der Waals surface area contributed by atoms with Crippen molar-refractivity contribution in [3.8, 4) is 0 Å². The second-order valence-electron chi connectivity index (χ2n) is 8.04. The minimum Gasteiger partial charge on any atom is -1.00 e. The van der Waals surface area contributed by atoms with Crippen LogP contribution < -0.4 is 12.4 Å². The Hall–Kier alpha value is 0.695. The van der Waals surface area contributed by atoms with Gasteiger partial charge in [0.25, 0.3) is 0 Å². The number of fused-ring (bicyclic) bond motifs is 3. The van der Waals surface area contributed by atoms with E-state index >= 15 is 0 Å². The van der Waals surface area contributed by atoms with E-state index in [-0.39, 0.29) is 51.6 Å². The minimum atomic E-state index is -0.200. The van der Waals surface area contributed by atoms with Gasteiger partial charge in [0.15, 0.2) is 0 Å². The summed E-state index contributed by atoms with van der Waals surface area (Å²) in [5.74, 6) is 1.30. The van der Waals surface area contributed by atoms with Gasteiger partial charge in [0.2, 0.25) is 0 Å². The first-order valence-corrected chi connectivity index (χ1v) is 7.84. The summed E-state index contributed by atoms with van der Waals surface area (Å²) in [5, 5.41) is 0. The molecule has 0 aromatic rings. The Balaban J connectivity index is 0.00000110. The van der Waals surface area contributed by atoms with Crippen LogP contribution in [0.15, 0.2) is 0 Å². The molecule has 1 saturated heterocycles. The number of carbonyl (C=O) groups excluding carboxylic acids is 1. The zero-order valence-corrected chi connectivity index (χ0v) is 20.1. The molecule has 2 saturated carbocycles. The van der Waals surface area contributed by atoms with Crippen LogP contribution in [0.25, 0.3) is 0 Å². The smallest absolute Gasteiger partial charge is 1.00 e. The van der Waals surface area contributed by atoms with Crippen LogP contribution in [0.1, 0.15) is 66.2 Å². The van der Waals surface area contributed by atoms with E-state index < -0.39 is 0 Å². The van der Waals surface area contributed by atoms with Crippen molar-refractivity contribution < 1.29 is 49.6 Å². The Kier molecular flexibility index (Phi) is 5.92. The van der Waals surface area contributed by atoms with E-state index in [4.69, 9.17) is 4.74 Å². The van der Waals surface area contributed by atoms with E-state index in [1.165, 1.54) is 19.3 Å². The van der Waals surface area contributed by atoms with Crippen LogP contribution in [-0.4, -0.2) is 11.6 Å². The standard InChI is InChI=1S/C17H27O2.ClH.Hg/c1-15(2)9-5-10-16(3)12(15)8-11-17(4)13(16)6-7-14(18)19-17;;/h9,12-13H,5-8,10-11H2,1-4H3;1H;/q;;+1/p-1/t12?,13?,16-,17+;;/m0../s1. The molecule has 3 aliphatic rings. The molecule has 0 aromatic carbocycles. The Morgan fingerprint density at radius 2 is 1.76 bits per heavy atom. The molecule has 2 unspecified atom stereocenters. The molecule has 3 rings (SSSR count). The van der Waals surface area contributed by atoms with Crippen molar-refractivity contribution in [2.24, 2.45) is 22.7 Å². The van der Waals surface area contributed by atoms with Crippen molar-refractivity contribution in [1.29, 1.82) is 0 Å². The predicted octanol–water partition coefficient (Wildman–Crippen LogP) is 1.14. The summed E-state index contributed by atoms with van der Waals surface area (Å²) in [6.07, 6.45) is 8.88. The van der Waals surface area contributed by atoms with Crippen LogP contribution in [0, 0.1) is 29.1 Å². The Morgan fingerprint density at radius 1 is 1.10 bits per heavy atom. The van der Waals surface area contributed by atoms with Crippen LogP contribution >= 0.6 is 0 Å². The Bertz CT molecular complexity index is 412. The molecule has 0 bridgehead atoms. The molecule has 0 amide bonds. The second kappa shape index (κ2) is 6.30. The van der Waals surface area contributed by atoms with Crippen LogP contribution in [-0.2, 0) is 37.2 Å². The number of hydrogen-bond donors (Lipinski definition) is 0. The molecule has 0 spiro atoms. The molecule has 1 heterocycles. The summed E-state index contributed by atoms with van der Waals surface area (Å²) in [7, 11) is 0. The number of rotatable bonds is 0. The summed E-state index contributed by atoms with van der Waals surface area (Å²) < 4.78 is 5.81. The van der Waals surface area contributed by atoms with Gasteiger partial charge in [-0.2, -0.15) is 0 Å². The first-order valence-electron chi connectivity index (χ1n) is 7.84. The average molecular weight is 499 g/mol. The zero-order valence-electron chi connectivity index (χ0n) is 13.9. The molecule has 1 aliphatic heterocycles. The van der Waals surface area contributed by atoms with Crippen molar-refractivity contribution in [3.05, 3.63) is 6.42 Å². The fourth-order valence-corrected chi connectivity index (χ4v) is 5.67. The summed E-state index contributed by atoms with van der Waals surface area (Å²) in [6.45, 7) is 9.44. The van der Waals surface area contributed by atoms with Gasteiger partial charge < -0.3 is 17.1 Å². The largest absolute Gasteiger partial charge is 1.00 e. The quantitative estimate of drug-likeness (QED) is 0.369. The van der Waals surface area contributed by atoms with E-state index in [0.717, 1.165) is 18.8 Å². The van der Waals surface area contributed by atoms with Gasteiger partial charge >= 0.3 is 33.6 Å². The van der Waals surface area contributed by atoms with Crippen molar-refractivity contribution in [1.82, 2.24) is 0 Å². The fourth-order valence-electron chi connectivity index (χ4n) is 5.67. The molecule has 21 heavy (non-hydrogen) atoms. The molecule has 0 N–H and O–H groups in total. The van der Waals surface area contributed by atoms with Gasteiger partial charge in [-0.25, -0.2) is 0 Å². The van der Waals surface area contributed by atoms with E-state index in [1.54, 1.807) is 0 Å². The third-order valence-corrected chi connectivity index (χ3v) is 6.49. The van der Waals surface area contributed by atoms with Gasteiger partial charge in [-0.3, -0.25) is 4.79 Å². The third kappa shape index (κ3) is 3.05. The normalized spacial score (nSPS) is 44.3. The first kappa shape index (κ1) is 19.7. The van der Waals surface area contributed by atoms with Crippen molar-refractivity contribution in [2.75, 3.05) is 0 Å². The summed E-state index contributed by atoms with van der Waals surface area (Å²) in [5.41, 5.74) is 0.468. The van der Waals surface area contributed by atoms with E-state index in [2.05, 4.69) is 34.1 Å². The third-order valence-electron chi connectivity index (χ3n) is 6.49. The topological polar surface area (TPSA) is 26.3 Å². The zero-order chi connectivity index (χ0) is 13.9. The van der Waals surface area contributed by atoms with Gasteiger partial charge in [0.05, 0.1) is 0 Å². The number of halogens is 1. The van der Waals surface area contributed by atoms with Gasteiger partial charge in [0.1, 0.15) is 5.60 Å². The van der Waals surface area contributed by atoms with E-state index in [9.17, 15) is 4.79 Å². The van der Waals surface area contributed by atoms with Gasteiger partial charge in [0, 0.05) is 12.3 Å². The number of carbonyl (C=O) groups is 1. The molecule has 116 valence electrons. The van der Waals surface area contributed by atoms with Gasteiger partial charge in [-0.1, -0.05) is 20.8 Å². The molecular formula is C17H27ClHgO2. The van der Waals surface area contributed by atoms with Crippen LogP contribution in [0.2, 0.25) is 0 Å². The molecule has 4 heteroatoms. The van der Waals surface area contributed by atoms with Crippen molar-refractivity contribution >= 4 is 5.97 Å². The summed E-state index contributed by atoms with van der Waals surface area (Å²) in [6, 6.07) is 0. The SMILES string of the molecule is CC1(C)[CH]CC[C@@]2(C)C1CC[C@@]1(C)OC(=O)CCC21.[Cl-].[Hg+]. The molecular weight excluding hydrogens is 472 g/mol. The predicted molar refractivity (Wildman–Crippen MR) is 75.4 cm³/mol. The van der Waals surface area contributed by atoms with Crippen LogP contribution in [0.3, 0.4) is 0 Å². The fraction of sp³-hybridized carbons (Fsp3) is 0.882. The molecule has 4 atom stereocenters. The average Bonchev–Trinajstić information content (AvgIpc) is 2.25. The number of esters is 1. The van der Waals surface area contributed by atoms with Crippen LogP contribution in [0.4, 0.5) is 0 Å². The monoisotopic (exact) mass is 500 g/mol. The molecule has 0 aromatic heterocycles. The van der Waals surface area contributed by atoms with E-state index in [1.807, 2.05) is 0 Å². The van der Waals surface area contributed by atoms with Gasteiger partial charge in [-0.15, -0.1) is 0 Å². The first-order chi connectivity index (χ1) is 8.78. The number of hydrogen-bond acceptors (Lipinski definition) is 2. The molecule has 2 nitrogen and oxygen atoms in total.